The van der Waals surface area contributed by atoms with Crippen LogP contribution in [0.3, 0.4) is 0 Å². The monoisotopic (exact) mass is 226 g/mol. The molecule has 0 fully saturated rings. The number of fused-ring (bicyclic) bond motifs is 1. The Morgan fingerprint density at radius 1 is 1.50 bits per heavy atom. The van der Waals surface area contributed by atoms with Gasteiger partial charge in [0.15, 0.2) is 0 Å². The molecule has 14 heavy (non-hydrogen) atoms. The minimum Gasteiger partial charge on any atom is -0.349 e. The van der Waals surface area contributed by atoms with Crippen molar-refractivity contribution in [3.63, 3.8) is 0 Å². The number of thioether (sulfide) groups is 1. The van der Waals surface area contributed by atoms with Crippen LogP contribution >= 0.6 is 23.7 Å². The van der Waals surface area contributed by atoms with Crippen LogP contribution in [0.2, 0.25) is 0 Å². The topological polar surface area (TPSA) is 29.3 Å². The largest absolute Gasteiger partial charge is 0.349 e. The zero-order valence-corrected chi connectivity index (χ0v) is 9.78. The lowest BCUT2D eigenvalue weighted by Crippen LogP contribution is -2.28. The number of rotatable bonds is 3. The first-order chi connectivity index (χ1) is 6.86. The van der Waals surface area contributed by atoms with Crippen LogP contribution in [0.4, 0.5) is 5.69 Å². The smallest absolute Gasteiger partial charge is 0.140 e. The fourth-order valence-electron chi connectivity index (χ4n) is 1.65. The van der Waals surface area contributed by atoms with Gasteiger partial charge in [-0.15, -0.1) is 0 Å². The molecule has 0 aromatic heterocycles. The van der Waals surface area contributed by atoms with Gasteiger partial charge in [-0.1, -0.05) is 30.8 Å². The highest BCUT2D eigenvalue weighted by Gasteiger charge is 2.28. The second-order valence-corrected chi connectivity index (χ2v) is 5.36. The number of benzene rings is 1. The lowest BCUT2D eigenvalue weighted by atomic mass is 10.3. The van der Waals surface area contributed by atoms with Crippen molar-refractivity contribution in [3.8, 4) is 0 Å². The van der Waals surface area contributed by atoms with Crippen molar-refractivity contribution >= 4 is 29.4 Å². The molecule has 1 aliphatic heterocycles. The molecular weight excluding hydrogens is 212 g/mol. The Morgan fingerprint density at radius 2 is 2.29 bits per heavy atom. The van der Waals surface area contributed by atoms with Crippen LogP contribution in [-0.4, -0.2) is 11.3 Å². The molecule has 1 aliphatic rings. The third-order valence-electron chi connectivity index (χ3n) is 2.24. The van der Waals surface area contributed by atoms with E-state index in [1.807, 2.05) is 11.8 Å². The Kier molecular flexibility index (Phi) is 3.26. The molecule has 0 saturated heterocycles. The first-order valence-electron chi connectivity index (χ1n) is 4.74. The van der Waals surface area contributed by atoms with Crippen molar-refractivity contribution in [2.45, 2.75) is 22.9 Å². The molecule has 2 rings (SSSR count). The summed E-state index contributed by atoms with van der Waals surface area (Å²) < 4.78 is 0.354. The normalized spacial score (nSPS) is 19.9. The van der Waals surface area contributed by atoms with Crippen molar-refractivity contribution < 1.29 is 0 Å². The van der Waals surface area contributed by atoms with E-state index < -0.39 is 0 Å². The van der Waals surface area contributed by atoms with Gasteiger partial charge in [-0.25, -0.2) is 0 Å². The van der Waals surface area contributed by atoms with Crippen LogP contribution in [0, 0.1) is 0 Å². The summed E-state index contributed by atoms with van der Waals surface area (Å²) in [5, 5.41) is 5.69. The predicted octanol–water partition coefficient (Wildman–Crippen LogP) is 2.90. The van der Waals surface area contributed by atoms with Crippen LogP contribution in [0.1, 0.15) is 13.3 Å². The number of nitrogens with zero attached hydrogens (tertiary/aromatic N) is 1. The quantitative estimate of drug-likeness (QED) is 0.803. The van der Waals surface area contributed by atoms with Crippen LogP contribution in [0.25, 0.3) is 0 Å². The van der Waals surface area contributed by atoms with Gasteiger partial charge in [-0.05, 0) is 30.5 Å². The van der Waals surface area contributed by atoms with Gasteiger partial charge in [0.2, 0.25) is 0 Å². The van der Waals surface area contributed by atoms with Crippen molar-refractivity contribution in [1.82, 2.24) is 0 Å². The van der Waals surface area contributed by atoms with E-state index in [0.717, 1.165) is 13.0 Å². The third-order valence-corrected chi connectivity index (χ3v) is 4.40. The highest BCUT2D eigenvalue weighted by molar-refractivity contribution is 8.16. The minimum absolute atomic E-state index is 0.354. The SMILES string of the molecule is CCCN1c2ccccc2SC1SN. The molecular formula is C10H14N2S2. The minimum atomic E-state index is 0.354. The van der Waals surface area contributed by atoms with Gasteiger partial charge in [0.1, 0.15) is 4.71 Å². The molecule has 2 nitrogen and oxygen atoms in total. The molecule has 0 aliphatic carbocycles. The Balaban J connectivity index is 2.27. The maximum atomic E-state index is 5.69. The van der Waals surface area contributed by atoms with Gasteiger partial charge in [0, 0.05) is 11.4 Å². The predicted molar refractivity (Wildman–Crippen MR) is 65.5 cm³/mol. The van der Waals surface area contributed by atoms with Gasteiger partial charge in [-0.3, -0.25) is 5.14 Å². The Labute approximate surface area is 93.4 Å². The molecule has 0 bridgehead atoms. The van der Waals surface area contributed by atoms with Gasteiger partial charge in [0.05, 0.1) is 5.69 Å². The molecule has 0 radical (unpaired) electrons. The summed E-state index contributed by atoms with van der Waals surface area (Å²) in [6.45, 7) is 3.28. The number of hydrogen-bond donors (Lipinski definition) is 1. The molecule has 1 aromatic carbocycles. The lowest BCUT2D eigenvalue weighted by molar-refractivity contribution is 0.826. The van der Waals surface area contributed by atoms with Gasteiger partial charge in [-0.2, -0.15) is 0 Å². The average Bonchev–Trinajstić information content (AvgIpc) is 2.58. The summed E-state index contributed by atoms with van der Waals surface area (Å²) in [7, 11) is 0. The summed E-state index contributed by atoms with van der Waals surface area (Å²) >= 11 is 3.27. The zero-order chi connectivity index (χ0) is 9.97. The lowest BCUT2D eigenvalue weighted by Gasteiger charge is -2.23. The average molecular weight is 226 g/mol. The molecule has 4 heteroatoms. The van der Waals surface area contributed by atoms with E-state index >= 15 is 0 Å². The van der Waals surface area contributed by atoms with E-state index in [1.54, 1.807) is 0 Å². The van der Waals surface area contributed by atoms with Crippen molar-refractivity contribution in [2.75, 3.05) is 11.4 Å². The van der Waals surface area contributed by atoms with Crippen molar-refractivity contribution in [3.05, 3.63) is 24.3 Å². The summed E-state index contributed by atoms with van der Waals surface area (Å²) in [6.07, 6.45) is 1.16. The molecule has 76 valence electrons. The fourth-order valence-corrected chi connectivity index (χ4v) is 3.57. The van der Waals surface area contributed by atoms with Gasteiger partial charge in [0.25, 0.3) is 0 Å². The van der Waals surface area contributed by atoms with Crippen molar-refractivity contribution in [2.24, 2.45) is 5.14 Å². The van der Waals surface area contributed by atoms with E-state index in [-0.39, 0.29) is 0 Å². The Bertz CT molecular complexity index is 317. The highest BCUT2D eigenvalue weighted by atomic mass is 32.2. The zero-order valence-electron chi connectivity index (χ0n) is 8.14. The third kappa shape index (κ3) is 1.74. The van der Waals surface area contributed by atoms with E-state index in [1.165, 1.54) is 22.5 Å². The molecule has 0 spiro atoms. The Hall–Kier alpha value is -0.320. The molecule has 0 saturated carbocycles. The number of anilines is 1. The number of para-hydroxylation sites is 1. The summed E-state index contributed by atoms with van der Waals surface area (Å²) in [4.78, 5) is 3.73. The second kappa shape index (κ2) is 4.47. The number of nitrogens with two attached hydrogens (primary N) is 1. The van der Waals surface area contributed by atoms with Crippen LogP contribution in [-0.2, 0) is 0 Å². The van der Waals surface area contributed by atoms with E-state index in [4.69, 9.17) is 5.14 Å². The molecule has 1 atom stereocenters. The van der Waals surface area contributed by atoms with E-state index in [9.17, 15) is 0 Å². The molecule has 1 aromatic rings. The maximum Gasteiger partial charge on any atom is 0.140 e. The molecule has 2 N–H and O–H groups in total. The number of hydrogen-bond acceptors (Lipinski definition) is 4. The first-order valence-corrected chi connectivity index (χ1v) is 6.57. The standard InChI is InChI=1S/C10H14N2S2/c1-2-7-12-8-5-3-4-6-9(8)13-10(12)14-11/h3-6,10H,2,7,11H2,1H3. The van der Waals surface area contributed by atoms with Crippen LogP contribution < -0.4 is 10.0 Å². The Morgan fingerprint density at radius 3 is 3.00 bits per heavy atom. The van der Waals surface area contributed by atoms with Crippen molar-refractivity contribution in [1.29, 1.82) is 0 Å². The first kappa shape index (κ1) is 10.2. The van der Waals surface area contributed by atoms with Gasteiger partial charge < -0.3 is 4.90 Å². The molecule has 0 amide bonds. The van der Waals surface area contributed by atoms with Gasteiger partial charge >= 0.3 is 0 Å². The summed E-state index contributed by atoms with van der Waals surface area (Å²) in [6, 6.07) is 8.51. The second-order valence-electron chi connectivity index (χ2n) is 3.22. The molecule has 1 unspecified atom stereocenters. The van der Waals surface area contributed by atoms with E-state index in [2.05, 4.69) is 36.1 Å². The van der Waals surface area contributed by atoms with E-state index in [0.29, 0.717) is 4.71 Å². The maximum absolute atomic E-state index is 5.69. The summed E-state index contributed by atoms with van der Waals surface area (Å²) in [5.74, 6) is 0. The highest BCUT2D eigenvalue weighted by Crippen LogP contribution is 2.45. The fraction of sp³-hybridized carbons (Fsp3) is 0.400. The van der Waals surface area contributed by atoms with Crippen LogP contribution in [0.15, 0.2) is 29.2 Å². The summed E-state index contributed by atoms with van der Waals surface area (Å²) in [5.41, 5.74) is 1.34. The molecule has 1 heterocycles. The van der Waals surface area contributed by atoms with Crippen LogP contribution in [0.5, 0.6) is 0 Å².